The average molecular weight is 340 g/mol. The van der Waals surface area contributed by atoms with Crippen molar-refractivity contribution in [2.45, 2.75) is 31.7 Å². The molecule has 0 radical (unpaired) electrons. The topological polar surface area (TPSA) is 67.2 Å². The van der Waals surface area contributed by atoms with E-state index in [1.54, 1.807) is 10.9 Å². The lowest BCUT2D eigenvalue weighted by atomic mass is 10.0. The van der Waals surface area contributed by atoms with E-state index in [-0.39, 0.29) is 17.9 Å². The number of hydrogen-bond acceptors (Lipinski definition) is 3. The maximum atomic E-state index is 12.6. The Morgan fingerprint density at radius 3 is 2.76 bits per heavy atom. The van der Waals surface area contributed by atoms with E-state index in [1.165, 1.54) is 0 Å². The fourth-order valence-corrected chi connectivity index (χ4v) is 3.23. The maximum Gasteiger partial charge on any atom is 0.253 e. The number of nitrogens with zero attached hydrogens (tertiary/aromatic N) is 3. The number of likely N-dealkylation sites (tertiary alicyclic amines) is 1. The molecular formula is C19H24N4O2. The molecule has 0 spiro atoms. The molecular weight excluding hydrogens is 316 g/mol. The minimum Gasteiger partial charge on any atom is -0.352 e. The van der Waals surface area contributed by atoms with Crippen LogP contribution in [0.25, 0.3) is 0 Å². The third kappa shape index (κ3) is 4.47. The van der Waals surface area contributed by atoms with E-state index in [1.807, 2.05) is 48.3 Å². The van der Waals surface area contributed by atoms with Gasteiger partial charge in [-0.3, -0.25) is 14.3 Å². The summed E-state index contributed by atoms with van der Waals surface area (Å²) in [5.74, 6) is 0.0645. The van der Waals surface area contributed by atoms with Gasteiger partial charge in [0.1, 0.15) is 0 Å². The molecule has 0 saturated carbocycles. The van der Waals surface area contributed by atoms with Crippen LogP contribution in [-0.4, -0.2) is 45.6 Å². The molecule has 1 aliphatic heterocycles. The van der Waals surface area contributed by atoms with E-state index in [2.05, 4.69) is 10.4 Å². The van der Waals surface area contributed by atoms with E-state index in [9.17, 15) is 9.59 Å². The van der Waals surface area contributed by atoms with E-state index >= 15 is 0 Å². The van der Waals surface area contributed by atoms with Crippen molar-refractivity contribution in [3.05, 3.63) is 53.9 Å². The standard InChI is InChI=1S/C19H24N4O2/c1-22-17(11-12-20-22)9-10-18(24)21-16-8-5-13-23(14-16)19(25)15-6-3-2-4-7-15/h2-4,6-7,11-12,16H,5,8-10,13-14H2,1H3,(H,21,24). The van der Waals surface area contributed by atoms with Gasteiger partial charge in [-0.1, -0.05) is 18.2 Å². The highest BCUT2D eigenvalue weighted by Crippen LogP contribution is 2.14. The molecule has 3 rings (SSSR count). The summed E-state index contributed by atoms with van der Waals surface area (Å²) in [5.41, 5.74) is 1.74. The SMILES string of the molecule is Cn1nccc1CCC(=O)NC1CCCN(C(=O)c2ccccc2)C1. The van der Waals surface area contributed by atoms with Gasteiger partial charge in [0.15, 0.2) is 0 Å². The highest BCUT2D eigenvalue weighted by atomic mass is 16.2. The zero-order chi connectivity index (χ0) is 17.6. The predicted molar refractivity (Wildman–Crippen MR) is 95.0 cm³/mol. The number of benzene rings is 1. The number of carbonyl (C=O) groups is 2. The molecule has 1 aromatic heterocycles. The number of aromatic nitrogens is 2. The second kappa shape index (κ2) is 7.96. The number of rotatable bonds is 5. The lowest BCUT2D eigenvalue weighted by Crippen LogP contribution is -2.49. The number of amides is 2. The Labute approximate surface area is 147 Å². The predicted octanol–water partition coefficient (Wildman–Crippen LogP) is 1.77. The molecule has 2 heterocycles. The molecule has 6 nitrogen and oxygen atoms in total. The van der Waals surface area contributed by atoms with Crippen molar-refractivity contribution in [3.8, 4) is 0 Å². The Kier molecular flexibility index (Phi) is 5.48. The first-order chi connectivity index (χ1) is 12.1. The van der Waals surface area contributed by atoms with Crippen molar-refractivity contribution >= 4 is 11.8 Å². The van der Waals surface area contributed by atoms with E-state index in [4.69, 9.17) is 0 Å². The summed E-state index contributed by atoms with van der Waals surface area (Å²) in [6, 6.07) is 11.3. The van der Waals surface area contributed by atoms with Crippen LogP contribution in [0.4, 0.5) is 0 Å². The van der Waals surface area contributed by atoms with Gasteiger partial charge in [-0.15, -0.1) is 0 Å². The number of nitrogens with one attached hydrogen (secondary N) is 1. The Morgan fingerprint density at radius 1 is 1.24 bits per heavy atom. The molecule has 1 fully saturated rings. The third-order valence-corrected chi connectivity index (χ3v) is 4.63. The number of hydrogen-bond donors (Lipinski definition) is 1. The van der Waals surface area contributed by atoms with Gasteiger partial charge in [-0.05, 0) is 37.5 Å². The first-order valence-corrected chi connectivity index (χ1v) is 8.74. The molecule has 1 aromatic carbocycles. The van der Waals surface area contributed by atoms with Gasteiger partial charge in [0.25, 0.3) is 5.91 Å². The van der Waals surface area contributed by atoms with Gasteiger partial charge in [-0.2, -0.15) is 5.10 Å². The van der Waals surface area contributed by atoms with Crippen molar-refractivity contribution in [2.75, 3.05) is 13.1 Å². The minimum absolute atomic E-state index is 0.0280. The molecule has 1 unspecified atom stereocenters. The molecule has 0 bridgehead atoms. The van der Waals surface area contributed by atoms with Crippen molar-refractivity contribution in [1.82, 2.24) is 20.0 Å². The van der Waals surface area contributed by atoms with E-state index in [0.29, 0.717) is 24.9 Å². The number of carbonyl (C=O) groups excluding carboxylic acids is 2. The summed E-state index contributed by atoms with van der Waals surface area (Å²) in [7, 11) is 1.88. The van der Waals surface area contributed by atoms with Crippen LogP contribution in [-0.2, 0) is 18.3 Å². The molecule has 6 heteroatoms. The van der Waals surface area contributed by atoms with Gasteiger partial charge in [0, 0.05) is 50.1 Å². The lowest BCUT2D eigenvalue weighted by molar-refractivity contribution is -0.122. The van der Waals surface area contributed by atoms with Crippen LogP contribution in [0.3, 0.4) is 0 Å². The van der Waals surface area contributed by atoms with Crippen LogP contribution in [0.1, 0.15) is 35.3 Å². The van der Waals surface area contributed by atoms with Crippen molar-refractivity contribution in [1.29, 1.82) is 0 Å². The monoisotopic (exact) mass is 340 g/mol. The summed E-state index contributed by atoms with van der Waals surface area (Å²) >= 11 is 0. The third-order valence-electron chi connectivity index (χ3n) is 4.63. The zero-order valence-corrected chi connectivity index (χ0v) is 14.5. The molecule has 1 N–H and O–H groups in total. The van der Waals surface area contributed by atoms with Crippen LogP contribution in [0.5, 0.6) is 0 Å². The van der Waals surface area contributed by atoms with E-state index < -0.39 is 0 Å². The summed E-state index contributed by atoms with van der Waals surface area (Å²) in [4.78, 5) is 26.6. The fraction of sp³-hybridized carbons (Fsp3) is 0.421. The largest absolute Gasteiger partial charge is 0.352 e. The molecule has 0 aliphatic carbocycles. The summed E-state index contributed by atoms with van der Waals surface area (Å²) < 4.78 is 1.79. The Balaban J connectivity index is 1.50. The normalized spacial score (nSPS) is 17.3. The maximum absolute atomic E-state index is 12.6. The summed E-state index contributed by atoms with van der Waals surface area (Å²) in [6.45, 7) is 1.32. The van der Waals surface area contributed by atoms with Gasteiger partial charge in [0.2, 0.25) is 5.91 Å². The highest BCUT2D eigenvalue weighted by molar-refractivity contribution is 5.94. The fourth-order valence-electron chi connectivity index (χ4n) is 3.23. The first kappa shape index (κ1) is 17.2. The van der Waals surface area contributed by atoms with Crippen LogP contribution < -0.4 is 5.32 Å². The number of aryl methyl sites for hydroxylation is 2. The van der Waals surface area contributed by atoms with Gasteiger partial charge in [0.05, 0.1) is 0 Å². The minimum atomic E-state index is 0.0280. The van der Waals surface area contributed by atoms with Crippen LogP contribution in [0.2, 0.25) is 0 Å². The van der Waals surface area contributed by atoms with Crippen molar-refractivity contribution < 1.29 is 9.59 Å². The Morgan fingerprint density at radius 2 is 2.04 bits per heavy atom. The van der Waals surface area contributed by atoms with Gasteiger partial charge in [-0.25, -0.2) is 0 Å². The lowest BCUT2D eigenvalue weighted by Gasteiger charge is -2.33. The smallest absolute Gasteiger partial charge is 0.253 e. The summed E-state index contributed by atoms with van der Waals surface area (Å²) in [6.07, 6.45) is 4.66. The van der Waals surface area contributed by atoms with Crippen LogP contribution in [0.15, 0.2) is 42.6 Å². The first-order valence-electron chi connectivity index (χ1n) is 8.74. The zero-order valence-electron chi connectivity index (χ0n) is 14.5. The van der Waals surface area contributed by atoms with Crippen LogP contribution >= 0.6 is 0 Å². The quantitative estimate of drug-likeness (QED) is 0.902. The molecule has 2 aromatic rings. The highest BCUT2D eigenvalue weighted by Gasteiger charge is 2.25. The van der Waals surface area contributed by atoms with Crippen molar-refractivity contribution in [3.63, 3.8) is 0 Å². The second-order valence-corrected chi connectivity index (χ2v) is 6.47. The second-order valence-electron chi connectivity index (χ2n) is 6.47. The molecule has 25 heavy (non-hydrogen) atoms. The Hall–Kier alpha value is -2.63. The number of piperidine rings is 1. The molecule has 1 aliphatic rings. The molecule has 2 amide bonds. The van der Waals surface area contributed by atoms with E-state index in [0.717, 1.165) is 25.1 Å². The molecule has 1 saturated heterocycles. The molecule has 132 valence electrons. The Bertz CT molecular complexity index is 726. The molecule has 1 atom stereocenters. The van der Waals surface area contributed by atoms with Crippen molar-refractivity contribution in [2.24, 2.45) is 7.05 Å². The van der Waals surface area contributed by atoms with Gasteiger partial charge < -0.3 is 10.2 Å². The summed E-state index contributed by atoms with van der Waals surface area (Å²) in [5, 5.41) is 7.18. The van der Waals surface area contributed by atoms with Crippen LogP contribution in [0, 0.1) is 0 Å². The average Bonchev–Trinajstić information content (AvgIpc) is 3.05. The van der Waals surface area contributed by atoms with Gasteiger partial charge >= 0.3 is 0 Å².